The van der Waals surface area contributed by atoms with Crippen LogP contribution in [0.3, 0.4) is 0 Å². The van der Waals surface area contributed by atoms with Crippen molar-refractivity contribution in [1.82, 2.24) is 0 Å². The van der Waals surface area contributed by atoms with E-state index >= 15 is 0 Å². The lowest BCUT2D eigenvalue weighted by Crippen LogP contribution is -2.32. The molecule has 1 aromatic carbocycles. The number of amides is 2. The van der Waals surface area contributed by atoms with E-state index in [2.05, 4.69) is 0 Å². The number of rotatable bonds is 2. The summed E-state index contributed by atoms with van der Waals surface area (Å²) in [5.74, 6) is -0.623. The molecule has 2 amide bonds. The maximum Gasteiger partial charge on any atom is 0.261 e. The van der Waals surface area contributed by atoms with E-state index in [0.717, 1.165) is 4.90 Å². The second kappa shape index (κ2) is 4.14. The van der Waals surface area contributed by atoms with Crippen LogP contribution in [-0.2, 0) is 16.2 Å². The van der Waals surface area contributed by atoms with Crippen molar-refractivity contribution in [1.29, 1.82) is 0 Å². The van der Waals surface area contributed by atoms with Crippen LogP contribution in [0.1, 0.15) is 19.4 Å². The highest BCUT2D eigenvalue weighted by Crippen LogP contribution is 2.29. The van der Waals surface area contributed by atoms with Crippen LogP contribution in [0.5, 0.6) is 0 Å². The molecule has 0 saturated heterocycles. The normalized spacial score (nSPS) is 16.1. The molecule has 0 unspecified atom stereocenters. The van der Waals surface area contributed by atoms with Crippen molar-refractivity contribution in [3.05, 3.63) is 41.0 Å². The molecule has 4 nitrogen and oxygen atoms in total. The summed E-state index contributed by atoms with van der Waals surface area (Å²) in [6.07, 6.45) is 0. The van der Waals surface area contributed by atoms with Gasteiger partial charge in [-0.2, -0.15) is 0 Å². The Balaban J connectivity index is 2.50. The number of imide groups is 1. The summed E-state index contributed by atoms with van der Waals surface area (Å²) in [5, 5.41) is 9.22. The second-order valence-electron chi connectivity index (χ2n) is 3.98. The fraction of sp³-hybridized carbons (Fsp3) is 0.231. The lowest BCUT2D eigenvalue weighted by atomic mass is 10.1. The zero-order valence-corrected chi connectivity index (χ0v) is 9.73. The van der Waals surface area contributed by atoms with Crippen LogP contribution >= 0.6 is 0 Å². The number of hydrogen-bond donors (Lipinski definition) is 1. The molecule has 0 atom stereocenters. The van der Waals surface area contributed by atoms with Gasteiger partial charge in [-0.1, -0.05) is 18.2 Å². The van der Waals surface area contributed by atoms with Gasteiger partial charge in [0.2, 0.25) is 0 Å². The number of aliphatic hydroxyl groups excluding tert-OH is 1. The summed E-state index contributed by atoms with van der Waals surface area (Å²) in [6.45, 7) is 3.07. The van der Waals surface area contributed by atoms with Gasteiger partial charge in [0, 0.05) is 16.7 Å². The fourth-order valence-electron chi connectivity index (χ4n) is 1.83. The first-order valence-electron chi connectivity index (χ1n) is 5.33. The number of carbonyl (C=O) groups is 2. The minimum atomic E-state index is -0.312. The van der Waals surface area contributed by atoms with Gasteiger partial charge < -0.3 is 5.11 Å². The van der Waals surface area contributed by atoms with Gasteiger partial charge >= 0.3 is 0 Å². The highest BCUT2D eigenvalue weighted by Gasteiger charge is 2.35. The lowest BCUT2D eigenvalue weighted by molar-refractivity contribution is -0.120. The average Bonchev–Trinajstić information content (AvgIpc) is 2.54. The number of anilines is 1. The van der Waals surface area contributed by atoms with E-state index in [1.54, 1.807) is 38.1 Å². The Morgan fingerprint density at radius 2 is 1.59 bits per heavy atom. The van der Waals surface area contributed by atoms with Crippen molar-refractivity contribution in [2.45, 2.75) is 20.5 Å². The Kier molecular flexibility index (Phi) is 2.81. The molecule has 1 N–H and O–H groups in total. The lowest BCUT2D eigenvalue weighted by Gasteiger charge is -2.17. The van der Waals surface area contributed by atoms with Gasteiger partial charge in [0.1, 0.15) is 0 Å². The van der Waals surface area contributed by atoms with Crippen molar-refractivity contribution < 1.29 is 14.7 Å². The number of nitrogens with zero attached hydrogens (tertiary/aromatic N) is 1. The third-order valence-electron chi connectivity index (χ3n) is 3.01. The largest absolute Gasteiger partial charge is 0.392 e. The molecule has 2 rings (SSSR count). The predicted octanol–water partition coefficient (Wildman–Crippen LogP) is 1.39. The van der Waals surface area contributed by atoms with Gasteiger partial charge in [-0.05, 0) is 19.9 Å². The second-order valence-corrected chi connectivity index (χ2v) is 3.98. The molecule has 4 heteroatoms. The third kappa shape index (κ3) is 1.66. The van der Waals surface area contributed by atoms with Gasteiger partial charge in [0.15, 0.2) is 0 Å². The molecular formula is C13H13NO3. The Labute approximate surface area is 99.2 Å². The number of benzene rings is 1. The molecule has 0 aromatic heterocycles. The van der Waals surface area contributed by atoms with Crippen LogP contribution in [0.2, 0.25) is 0 Å². The van der Waals surface area contributed by atoms with E-state index < -0.39 is 0 Å². The van der Waals surface area contributed by atoms with E-state index in [0.29, 0.717) is 22.4 Å². The highest BCUT2D eigenvalue weighted by atomic mass is 16.3. The summed E-state index contributed by atoms with van der Waals surface area (Å²) >= 11 is 0. The minimum Gasteiger partial charge on any atom is -0.392 e. The van der Waals surface area contributed by atoms with Crippen molar-refractivity contribution in [3.8, 4) is 0 Å². The third-order valence-corrected chi connectivity index (χ3v) is 3.01. The van der Waals surface area contributed by atoms with E-state index in [9.17, 15) is 14.7 Å². The maximum atomic E-state index is 12.0. The maximum absolute atomic E-state index is 12.0. The van der Waals surface area contributed by atoms with Crippen LogP contribution in [0.4, 0.5) is 5.69 Å². The monoisotopic (exact) mass is 231 g/mol. The molecule has 0 aliphatic carbocycles. The van der Waals surface area contributed by atoms with Crippen molar-refractivity contribution in [3.63, 3.8) is 0 Å². The Morgan fingerprint density at radius 1 is 1.06 bits per heavy atom. The molecular weight excluding hydrogens is 218 g/mol. The first kappa shape index (κ1) is 11.5. The van der Waals surface area contributed by atoms with Crippen LogP contribution in [0.25, 0.3) is 0 Å². The number of hydrogen-bond acceptors (Lipinski definition) is 3. The minimum absolute atomic E-state index is 0.203. The SMILES string of the molecule is CC1=C(C)C(=O)N(c2ccccc2CO)C1=O. The zero-order valence-electron chi connectivity index (χ0n) is 9.73. The predicted molar refractivity (Wildman–Crippen MR) is 63.2 cm³/mol. The fourth-order valence-corrected chi connectivity index (χ4v) is 1.83. The van der Waals surface area contributed by atoms with Crippen molar-refractivity contribution >= 4 is 17.5 Å². The van der Waals surface area contributed by atoms with Gasteiger partial charge in [-0.3, -0.25) is 9.59 Å². The molecule has 0 saturated carbocycles. The molecule has 88 valence electrons. The molecule has 1 aromatic rings. The zero-order chi connectivity index (χ0) is 12.6. The number of aliphatic hydroxyl groups is 1. The van der Waals surface area contributed by atoms with Gasteiger partial charge in [0.05, 0.1) is 12.3 Å². The van der Waals surface area contributed by atoms with E-state index in [-0.39, 0.29) is 18.4 Å². The summed E-state index contributed by atoms with van der Waals surface area (Å²) in [7, 11) is 0. The standard InChI is InChI=1S/C13H13NO3/c1-8-9(2)13(17)14(12(8)16)11-6-4-3-5-10(11)7-15/h3-6,15H,7H2,1-2H3. The van der Waals surface area contributed by atoms with E-state index in [1.807, 2.05) is 0 Å². The van der Waals surface area contributed by atoms with E-state index in [1.165, 1.54) is 0 Å². The molecule has 1 aliphatic heterocycles. The van der Waals surface area contributed by atoms with Gasteiger partial charge in [-0.15, -0.1) is 0 Å². The molecule has 0 fully saturated rings. The Bertz CT molecular complexity index is 507. The van der Waals surface area contributed by atoms with Crippen LogP contribution in [0.15, 0.2) is 35.4 Å². The first-order chi connectivity index (χ1) is 8.07. The molecule has 0 spiro atoms. The van der Waals surface area contributed by atoms with Gasteiger partial charge in [0.25, 0.3) is 11.8 Å². The topological polar surface area (TPSA) is 57.6 Å². The van der Waals surface area contributed by atoms with E-state index in [4.69, 9.17) is 0 Å². The van der Waals surface area contributed by atoms with Crippen LogP contribution in [-0.4, -0.2) is 16.9 Å². The average molecular weight is 231 g/mol. The summed E-state index contributed by atoms with van der Waals surface area (Å²) in [6, 6.07) is 6.84. The molecule has 0 bridgehead atoms. The van der Waals surface area contributed by atoms with Crippen LogP contribution in [0, 0.1) is 0 Å². The van der Waals surface area contributed by atoms with Crippen molar-refractivity contribution in [2.24, 2.45) is 0 Å². The van der Waals surface area contributed by atoms with Gasteiger partial charge in [-0.25, -0.2) is 4.90 Å². The molecule has 1 aliphatic rings. The van der Waals surface area contributed by atoms with Crippen molar-refractivity contribution in [2.75, 3.05) is 4.90 Å². The Morgan fingerprint density at radius 3 is 2.12 bits per heavy atom. The van der Waals surface area contributed by atoms with Crippen LogP contribution < -0.4 is 4.90 Å². The quantitative estimate of drug-likeness (QED) is 0.782. The first-order valence-corrected chi connectivity index (χ1v) is 5.33. The molecule has 0 radical (unpaired) electrons. The Hall–Kier alpha value is -1.94. The molecule has 17 heavy (non-hydrogen) atoms. The number of carbonyl (C=O) groups excluding carboxylic acids is 2. The smallest absolute Gasteiger partial charge is 0.261 e. The number of para-hydroxylation sites is 1. The summed E-state index contributed by atoms with van der Waals surface area (Å²) < 4.78 is 0. The summed E-state index contributed by atoms with van der Waals surface area (Å²) in [5.41, 5.74) is 1.95. The summed E-state index contributed by atoms with van der Waals surface area (Å²) in [4.78, 5) is 25.0. The highest BCUT2D eigenvalue weighted by molar-refractivity contribution is 6.32. The molecule has 1 heterocycles.